The van der Waals surface area contributed by atoms with Crippen LogP contribution in [0, 0.1) is 6.92 Å². The normalized spacial score (nSPS) is 20.1. The van der Waals surface area contributed by atoms with Crippen LogP contribution in [-0.4, -0.2) is 26.7 Å². The first kappa shape index (κ1) is 14.3. The van der Waals surface area contributed by atoms with E-state index in [1.54, 1.807) is 10.7 Å². The van der Waals surface area contributed by atoms with Crippen molar-refractivity contribution < 1.29 is 9.90 Å². The average molecular weight is 330 g/mol. The van der Waals surface area contributed by atoms with Crippen LogP contribution in [0.4, 0.5) is 5.82 Å². The van der Waals surface area contributed by atoms with Crippen LogP contribution >= 0.6 is 11.6 Å². The summed E-state index contributed by atoms with van der Waals surface area (Å²) >= 11 is 6.08. The summed E-state index contributed by atoms with van der Waals surface area (Å²) in [6.45, 7) is 1.83. The third-order valence-corrected chi connectivity index (χ3v) is 4.70. The molecule has 6 heteroatoms. The summed E-state index contributed by atoms with van der Waals surface area (Å²) < 4.78 is 1.74. The van der Waals surface area contributed by atoms with Crippen molar-refractivity contribution in [2.45, 2.75) is 32.2 Å². The molecular formula is C17H16ClN3O2. The Morgan fingerprint density at radius 2 is 2.26 bits per heavy atom. The second kappa shape index (κ2) is 5.13. The van der Waals surface area contributed by atoms with Gasteiger partial charge in [-0.05, 0) is 38.0 Å². The van der Waals surface area contributed by atoms with Crippen LogP contribution in [0.15, 0.2) is 29.8 Å². The lowest BCUT2D eigenvalue weighted by molar-refractivity contribution is -0.116. The predicted molar refractivity (Wildman–Crippen MR) is 89.1 cm³/mol. The molecule has 0 spiro atoms. The second-order valence-electron chi connectivity index (χ2n) is 5.98. The Balaban J connectivity index is 1.92. The van der Waals surface area contributed by atoms with Gasteiger partial charge in [0.05, 0.1) is 28.6 Å². The van der Waals surface area contributed by atoms with Gasteiger partial charge >= 0.3 is 0 Å². The first-order valence-electron chi connectivity index (χ1n) is 7.65. The number of carbonyl (C=O) groups is 1. The van der Waals surface area contributed by atoms with Gasteiger partial charge in [-0.3, -0.25) is 4.79 Å². The van der Waals surface area contributed by atoms with E-state index in [1.165, 1.54) is 0 Å². The predicted octanol–water partition coefficient (Wildman–Crippen LogP) is 3.65. The Morgan fingerprint density at radius 1 is 1.43 bits per heavy atom. The number of aryl methyl sites for hydroxylation is 1. The molecule has 23 heavy (non-hydrogen) atoms. The molecule has 2 aromatic rings. The maximum atomic E-state index is 12.2. The lowest BCUT2D eigenvalue weighted by Crippen LogP contribution is -2.35. The van der Waals surface area contributed by atoms with Crippen LogP contribution in [0.3, 0.4) is 0 Å². The minimum atomic E-state index is -0.155. The number of halogens is 1. The fraction of sp³-hybridized carbons (Fsp3) is 0.294. The molecule has 1 unspecified atom stereocenters. The number of fused-ring (bicyclic) bond motifs is 2. The van der Waals surface area contributed by atoms with Gasteiger partial charge in [0, 0.05) is 11.4 Å². The van der Waals surface area contributed by atoms with Crippen LogP contribution in [0.25, 0.3) is 11.4 Å². The summed E-state index contributed by atoms with van der Waals surface area (Å²) in [4.78, 5) is 12.2. The van der Waals surface area contributed by atoms with Gasteiger partial charge in [0.2, 0.25) is 0 Å². The van der Waals surface area contributed by atoms with Crippen LogP contribution in [0.2, 0.25) is 5.02 Å². The highest BCUT2D eigenvalue weighted by Crippen LogP contribution is 2.40. The number of aromatic nitrogens is 2. The molecule has 0 radical (unpaired) electrons. The van der Waals surface area contributed by atoms with Crippen molar-refractivity contribution in [3.05, 3.63) is 46.1 Å². The fourth-order valence-electron chi connectivity index (χ4n) is 3.42. The Hall–Kier alpha value is -2.27. The average Bonchev–Trinajstić information content (AvgIpc) is 2.84. The molecule has 2 heterocycles. The van der Waals surface area contributed by atoms with Gasteiger partial charge in [-0.1, -0.05) is 17.7 Å². The largest absolute Gasteiger partial charge is 0.507 e. The molecule has 2 N–H and O–H groups in total. The van der Waals surface area contributed by atoms with E-state index >= 15 is 0 Å². The van der Waals surface area contributed by atoms with E-state index in [-0.39, 0.29) is 17.6 Å². The van der Waals surface area contributed by atoms with Crippen molar-refractivity contribution in [2.75, 3.05) is 5.32 Å². The lowest BCUT2D eigenvalue weighted by atomic mass is 9.84. The van der Waals surface area contributed by atoms with E-state index in [4.69, 9.17) is 11.6 Å². The van der Waals surface area contributed by atoms with Crippen LogP contribution < -0.4 is 5.32 Å². The summed E-state index contributed by atoms with van der Waals surface area (Å²) in [6, 6.07) is 7.23. The highest BCUT2D eigenvalue weighted by Gasteiger charge is 2.37. The van der Waals surface area contributed by atoms with Crippen molar-refractivity contribution in [2.24, 2.45) is 0 Å². The molecule has 1 atom stereocenters. The molecule has 5 nitrogen and oxygen atoms in total. The molecule has 1 saturated carbocycles. The van der Waals surface area contributed by atoms with Crippen LogP contribution in [0.5, 0.6) is 0 Å². The SMILES string of the molecule is Cc1nn(-c2cccc(Cl)c2)c2c1C(O)=C1C(=O)CCCC1N2. The number of Topliss-reactive ketones (excluding diaryl/α,β-unsaturated/α-hetero) is 1. The standard InChI is InChI=1S/C17H16ClN3O2/c1-9-14-16(23)15-12(6-3-7-13(15)22)19-17(14)21(20-9)11-5-2-4-10(18)8-11/h2,4-5,8,12,19,23H,3,6-7H2,1H3. The van der Waals surface area contributed by atoms with Gasteiger partial charge in [0.15, 0.2) is 5.78 Å². The van der Waals surface area contributed by atoms with Gasteiger partial charge < -0.3 is 10.4 Å². The van der Waals surface area contributed by atoms with E-state index in [1.807, 2.05) is 25.1 Å². The number of aliphatic hydroxyl groups is 1. The topological polar surface area (TPSA) is 67.1 Å². The number of benzene rings is 1. The first-order valence-corrected chi connectivity index (χ1v) is 8.03. The molecule has 4 rings (SSSR count). The third kappa shape index (κ3) is 2.15. The number of anilines is 1. The zero-order chi connectivity index (χ0) is 16.1. The summed E-state index contributed by atoms with van der Waals surface area (Å²) in [5, 5.41) is 19.2. The number of rotatable bonds is 1. The number of hydrogen-bond acceptors (Lipinski definition) is 4. The van der Waals surface area contributed by atoms with Gasteiger partial charge in [-0.25, -0.2) is 4.68 Å². The zero-order valence-corrected chi connectivity index (χ0v) is 13.4. The van der Waals surface area contributed by atoms with Crippen molar-refractivity contribution >= 4 is 29.0 Å². The highest BCUT2D eigenvalue weighted by molar-refractivity contribution is 6.30. The monoisotopic (exact) mass is 329 g/mol. The molecule has 2 aliphatic rings. The molecule has 0 saturated heterocycles. The molecule has 1 aromatic heterocycles. The molecule has 1 aromatic carbocycles. The molecule has 0 amide bonds. The van der Waals surface area contributed by atoms with Gasteiger partial charge in [0.1, 0.15) is 11.6 Å². The number of nitrogens with one attached hydrogen (secondary N) is 1. The number of ketones is 1. The van der Waals surface area contributed by atoms with Crippen LogP contribution in [0.1, 0.15) is 30.5 Å². The fourth-order valence-corrected chi connectivity index (χ4v) is 3.60. The number of hydrogen-bond donors (Lipinski definition) is 2. The van der Waals surface area contributed by atoms with E-state index in [2.05, 4.69) is 10.4 Å². The van der Waals surface area contributed by atoms with Gasteiger partial charge in [0.25, 0.3) is 0 Å². The van der Waals surface area contributed by atoms with E-state index in [0.717, 1.165) is 18.5 Å². The first-order chi connectivity index (χ1) is 11.1. The third-order valence-electron chi connectivity index (χ3n) is 4.46. The second-order valence-corrected chi connectivity index (χ2v) is 6.41. The molecule has 1 aliphatic heterocycles. The quantitative estimate of drug-likeness (QED) is 0.838. The molecule has 1 fully saturated rings. The minimum Gasteiger partial charge on any atom is -0.507 e. The Morgan fingerprint density at radius 3 is 3.04 bits per heavy atom. The highest BCUT2D eigenvalue weighted by atomic mass is 35.5. The summed E-state index contributed by atoms with van der Waals surface area (Å²) in [5.41, 5.74) is 2.59. The van der Waals surface area contributed by atoms with Crippen molar-refractivity contribution in [3.8, 4) is 5.69 Å². The smallest absolute Gasteiger partial charge is 0.164 e. The van der Waals surface area contributed by atoms with Crippen LogP contribution in [-0.2, 0) is 4.79 Å². The molecule has 1 aliphatic carbocycles. The maximum absolute atomic E-state index is 12.2. The van der Waals surface area contributed by atoms with Crippen molar-refractivity contribution in [1.29, 1.82) is 0 Å². The number of nitrogens with zero attached hydrogens (tertiary/aromatic N) is 2. The summed E-state index contributed by atoms with van der Waals surface area (Å²) in [5.74, 6) is 0.803. The van der Waals surface area contributed by atoms with Gasteiger partial charge in [-0.15, -0.1) is 0 Å². The molecule has 0 bridgehead atoms. The number of carbonyl (C=O) groups excluding carboxylic acids is 1. The zero-order valence-electron chi connectivity index (χ0n) is 12.6. The van der Waals surface area contributed by atoms with E-state index < -0.39 is 0 Å². The minimum absolute atomic E-state index is 0.0202. The summed E-state index contributed by atoms with van der Waals surface area (Å²) in [7, 11) is 0. The number of aliphatic hydroxyl groups excluding tert-OH is 1. The van der Waals surface area contributed by atoms with E-state index in [9.17, 15) is 9.90 Å². The van der Waals surface area contributed by atoms with E-state index in [0.29, 0.717) is 34.1 Å². The van der Waals surface area contributed by atoms with Gasteiger partial charge in [-0.2, -0.15) is 5.10 Å². The summed E-state index contributed by atoms with van der Waals surface area (Å²) in [6.07, 6.45) is 2.14. The van der Waals surface area contributed by atoms with Crippen molar-refractivity contribution in [1.82, 2.24) is 9.78 Å². The maximum Gasteiger partial charge on any atom is 0.164 e. The van der Waals surface area contributed by atoms with Crippen molar-refractivity contribution in [3.63, 3.8) is 0 Å². The molecular weight excluding hydrogens is 314 g/mol. The molecule has 118 valence electrons. The Kier molecular flexibility index (Phi) is 3.20. The Bertz CT molecular complexity index is 854. The Labute approximate surface area is 138 Å². The lowest BCUT2D eigenvalue weighted by Gasteiger charge is -2.31.